The van der Waals surface area contributed by atoms with Gasteiger partial charge in [0.1, 0.15) is 5.02 Å². The van der Waals surface area contributed by atoms with E-state index in [-0.39, 0.29) is 10.6 Å². The third-order valence-electron chi connectivity index (χ3n) is 4.32. The van der Waals surface area contributed by atoms with Crippen LogP contribution in [-0.2, 0) is 13.1 Å². The molecular formula is C15H21ClN6O. The summed E-state index contributed by atoms with van der Waals surface area (Å²) in [6.45, 7) is 9.47. The highest BCUT2D eigenvalue weighted by Gasteiger charge is 2.21. The summed E-state index contributed by atoms with van der Waals surface area (Å²) in [6.07, 6.45) is 3.55. The number of hydrogen-bond donors (Lipinski definition) is 1. The second-order valence-electron chi connectivity index (χ2n) is 5.75. The normalized spacial score (nSPS) is 16.0. The van der Waals surface area contributed by atoms with Crippen LogP contribution >= 0.6 is 11.6 Å². The molecule has 7 nitrogen and oxygen atoms in total. The summed E-state index contributed by atoms with van der Waals surface area (Å²) in [6, 6.07) is 0. The van der Waals surface area contributed by atoms with Crippen molar-refractivity contribution in [1.82, 2.24) is 24.9 Å². The number of halogens is 1. The Morgan fingerprint density at radius 3 is 2.70 bits per heavy atom. The predicted octanol–water partition coefficient (Wildman–Crippen LogP) is 1.27. The lowest BCUT2D eigenvalue weighted by atomic mass is 10.2. The van der Waals surface area contributed by atoms with Gasteiger partial charge < -0.3 is 4.90 Å². The zero-order valence-electron chi connectivity index (χ0n) is 13.4. The van der Waals surface area contributed by atoms with Gasteiger partial charge in [0.25, 0.3) is 5.56 Å². The minimum absolute atomic E-state index is 0.216. The van der Waals surface area contributed by atoms with Crippen molar-refractivity contribution >= 4 is 17.3 Å². The maximum Gasteiger partial charge on any atom is 0.285 e. The lowest BCUT2D eigenvalue weighted by molar-refractivity contribution is 0.242. The van der Waals surface area contributed by atoms with Crippen molar-refractivity contribution in [2.75, 3.05) is 31.1 Å². The quantitative estimate of drug-likeness (QED) is 0.910. The zero-order chi connectivity index (χ0) is 16.4. The Bertz CT molecular complexity index is 732. The van der Waals surface area contributed by atoms with Crippen molar-refractivity contribution in [3.05, 3.63) is 39.0 Å². The summed E-state index contributed by atoms with van der Waals surface area (Å²) in [4.78, 5) is 16.1. The Balaban J connectivity index is 1.66. The van der Waals surface area contributed by atoms with Crippen LogP contribution in [0.1, 0.15) is 18.2 Å². The van der Waals surface area contributed by atoms with E-state index < -0.39 is 0 Å². The molecule has 124 valence electrons. The van der Waals surface area contributed by atoms with Crippen LogP contribution in [0.2, 0.25) is 5.02 Å². The van der Waals surface area contributed by atoms with Crippen LogP contribution in [0.3, 0.4) is 0 Å². The van der Waals surface area contributed by atoms with Gasteiger partial charge in [-0.15, -0.1) is 0 Å². The van der Waals surface area contributed by atoms with Crippen LogP contribution in [-0.4, -0.2) is 51.1 Å². The van der Waals surface area contributed by atoms with E-state index in [2.05, 4.69) is 43.6 Å². The monoisotopic (exact) mass is 336 g/mol. The zero-order valence-corrected chi connectivity index (χ0v) is 14.2. The average molecular weight is 337 g/mol. The van der Waals surface area contributed by atoms with Crippen molar-refractivity contribution in [2.24, 2.45) is 0 Å². The molecule has 3 heterocycles. The third kappa shape index (κ3) is 3.25. The third-order valence-corrected chi connectivity index (χ3v) is 4.69. The fourth-order valence-electron chi connectivity index (χ4n) is 2.94. The smallest absolute Gasteiger partial charge is 0.285 e. The molecule has 1 N–H and O–H groups in total. The minimum Gasteiger partial charge on any atom is -0.366 e. The van der Waals surface area contributed by atoms with Gasteiger partial charge in [-0.05, 0) is 19.4 Å². The van der Waals surface area contributed by atoms with Crippen LogP contribution in [0.4, 0.5) is 5.69 Å². The van der Waals surface area contributed by atoms with Gasteiger partial charge in [-0.25, -0.2) is 5.10 Å². The van der Waals surface area contributed by atoms with Gasteiger partial charge >= 0.3 is 0 Å². The number of H-pyrrole nitrogens is 1. The Morgan fingerprint density at radius 2 is 2.00 bits per heavy atom. The van der Waals surface area contributed by atoms with Gasteiger partial charge in [0, 0.05) is 39.3 Å². The number of aromatic amines is 1. The fourth-order valence-corrected chi connectivity index (χ4v) is 3.15. The number of aromatic nitrogens is 4. The van der Waals surface area contributed by atoms with E-state index >= 15 is 0 Å². The van der Waals surface area contributed by atoms with Crippen LogP contribution in [0, 0.1) is 6.92 Å². The number of piperazine rings is 1. The molecule has 1 aliphatic heterocycles. The van der Waals surface area contributed by atoms with Crippen molar-refractivity contribution in [3.63, 3.8) is 0 Å². The van der Waals surface area contributed by atoms with Crippen LogP contribution in [0.15, 0.2) is 17.2 Å². The molecule has 8 heteroatoms. The maximum absolute atomic E-state index is 11.6. The number of rotatable bonds is 4. The lowest BCUT2D eigenvalue weighted by Crippen LogP contribution is -2.46. The minimum atomic E-state index is -0.339. The fraction of sp³-hybridized carbons (Fsp3) is 0.533. The molecule has 1 saturated heterocycles. The molecule has 2 aromatic rings. The number of nitrogens with one attached hydrogen (secondary N) is 1. The summed E-state index contributed by atoms with van der Waals surface area (Å²) in [5, 5.41) is 10.8. The Morgan fingerprint density at radius 1 is 1.26 bits per heavy atom. The Labute approximate surface area is 139 Å². The molecule has 0 amide bonds. The van der Waals surface area contributed by atoms with E-state index in [1.165, 1.54) is 11.3 Å². The van der Waals surface area contributed by atoms with Crippen molar-refractivity contribution in [3.8, 4) is 0 Å². The van der Waals surface area contributed by atoms with E-state index in [0.717, 1.165) is 39.3 Å². The SMILES string of the molecule is CCn1ncc(C)c1CN1CCN(c2cn[nH]c(=O)c2Cl)CC1. The van der Waals surface area contributed by atoms with E-state index in [0.29, 0.717) is 5.69 Å². The molecule has 3 rings (SSSR count). The highest BCUT2D eigenvalue weighted by atomic mass is 35.5. The first-order chi connectivity index (χ1) is 11.1. The van der Waals surface area contributed by atoms with Crippen molar-refractivity contribution in [1.29, 1.82) is 0 Å². The standard InChI is InChI=1S/C15H21ClN6O/c1-3-22-13(11(2)8-18-22)10-20-4-6-21(7-5-20)12-9-17-19-15(23)14(12)16/h8-9H,3-7,10H2,1-2H3,(H,19,23). The molecule has 1 aliphatic rings. The predicted molar refractivity (Wildman–Crippen MR) is 90.0 cm³/mol. The topological polar surface area (TPSA) is 70.1 Å². The Hall–Kier alpha value is -1.86. The highest BCUT2D eigenvalue weighted by molar-refractivity contribution is 6.32. The summed E-state index contributed by atoms with van der Waals surface area (Å²) in [5.41, 5.74) is 2.88. The van der Waals surface area contributed by atoms with Crippen LogP contribution in [0.5, 0.6) is 0 Å². The molecule has 0 saturated carbocycles. The molecule has 2 aromatic heterocycles. The van der Waals surface area contributed by atoms with Gasteiger partial charge in [0.2, 0.25) is 0 Å². The van der Waals surface area contributed by atoms with E-state index in [4.69, 9.17) is 11.6 Å². The summed E-state index contributed by atoms with van der Waals surface area (Å²) < 4.78 is 2.05. The first kappa shape index (κ1) is 16.0. The molecule has 0 radical (unpaired) electrons. The molecule has 0 aromatic carbocycles. The molecule has 0 unspecified atom stereocenters. The molecule has 0 aliphatic carbocycles. The van der Waals surface area contributed by atoms with Crippen LogP contribution in [0.25, 0.3) is 0 Å². The van der Waals surface area contributed by atoms with Gasteiger partial charge in [-0.2, -0.15) is 10.2 Å². The van der Waals surface area contributed by atoms with Gasteiger partial charge in [-0.3, -0.25) is 14.4 Å². The number of anilines is 1. The number of nitrogens with zero attached hydrogens (tertiary/aromatic N) is 5. The van der Waals surface area contributed by atoms with Gasteiger partial charge in [0.15, 0.2) is 0 Å². The second-order valence-corrected chi connectivity index (χ2v) is 6.13. The average Bonchev–Trinajstić information content (AvgIpc) is 2.91. The summed E-state index contributed by atoms with van der Waals surface area (Å²) in [5.74, 6) is 0. The van der Waals surface area contributed by atoms with Crippen molar-refractivity contribution in [2.45, 2.75) is 26.9 Å². The van der Waals surface area contributed by atoms with Gasteiger partial charge in [-0.1, -0.05) is 11.6 Å². The molecule has 1 fully saturated rings. The molecule has 0 atom stereocenters. The van der Waals surface area contributed by atoms with E-state index in [1.54, 1.807) is 6.20 Å². The lowest BCUT2D eigenvalue weighted by Gasteiger charge is -2.36. The molecular weight excluding hydrogens is 316 g/mol. The number of hydrogen-bond acceptors (Lipinski definition) is 5. The Kier molecular flexibility index (Phi) is 4.68. The molecule has 23 heavy (non-hydrogen) atoms. The van der Waals surface area contributed by atoms with E-state index in [9.17, 15) is 4.79 Å². The first-order valence-electron chi connectivity index (χ1n) is 7.82. The second kappa shape index (κ2) is 6.72. The maximum atomic E-state index is 11.6. The highest BCUT2D eigenvalue weighted by Crippen LogP contribution is 2.22. The largest absolute Gasteiger partial charge is 0.366 e. The summed E-state index contributed by atoms with van der Waals surface area (Å²) >= 11 is 6.09. The first-order valence-corrected chi connectivity index (χ1v) is 8.19. The van der Waals surface area contributed by atoms with E-state index in [1.807, 2.05) is 6.20 Å². The van der Waals surface area contributed by atoms with Gasteiger partial charge in [0.05, 0.1) is 23.8 Å². The molecule has 0 bridgehead atoms. The number of aryl methyl sites for hydroxylation is 2. The van der Waals surface area contributed by atoms with Crippen molar-refractivity contribution < 1.29 is 0 Å². The van der Waals surface area contributed by atoms with Crippen LogP contribution < -0.4 is 10.5 Å². The summed E-state index contributed by atoms with van der Waals surface area (Å²) in [7, 11) is 0. The molecule has 0 spiro atoms.